The van der Waals surface area contributed by atoms with Gasteiger partial charge in [0.25, 0.3) is 5.91 Å². The first kappa shape index (κ1) is 8.77. The van der Waals surface area contributed by atoms with Crippen molar-refractivity contribution in [2.45, 2.75) is 6.54 Å². The van der Waals surface area contributed by atoms with Crippen LogP contribution < -0.4 is 5.73 Å². The molecule has 0 unspecified atom stereocenters. The van der Waals surface area contributed by atoms with E-state index in [-0.39, 0.29) is 5.91 Å². The molecule has 0 aliphatic carbocycles. The van der Waals surface area contributed by atoms with Crippen LogP contribution in [0.25, 0.3) is 0 Å². The Hall–Kier alpha value is -1.81. The lowest BCUT2D eigenvalue weighted by Crippen LogP contribution is -2.08. The van der Waals surface area contributed by atoms with Crippen LogP contribution in [0.5, 0.6) is 0 Å². The second-order valence-corrected chi connectivity index (χ2v) is 2.91. The fourth-order valence-electron chi connectivity index (χ4n) is 1.22. The lowest BCUT2D eigenvalue weighted by molar-refractivity contribution is 0.0932. The van der Waals surface area contributed by atoms with Crippen molar-refractivity contribution < 1.29 is 9.21 Å². The number of carbonyl (C=O) groups is 1. The average Bonchev–Trinajstić information content (AvgIpc) is 2.88. The Morgan fingerprint density at radius 1 is 1.50 bits per heavy atom. The van der Waals surface area contributed by atoms with Gasteiger partial charge >= 0.3 is 0 Å². The number of hydrogen-bond acceptors (Lipinski definition) is 3. The van der Waals surface area contributed by atoms with Gasteiger partial charge in [-0.3, -0.25) is 9.36 Å². The lowest BCUT2D eigenvalue weighted by Gasteiger charge is -1.96. The summed E-state index contributed by atoms with van der Waals surface area (Å²) in [6.07, 6.45) is 4.85. The molecule has 2 heterocycles. The summed E-state index contributed by atoms with van der Waals surface area (Å²) in [5, 5.41) is 0. The van der Waals surface area contributed by atoms with Gasteiger partial charge in [0, 0.05) is 18.9 Å². The molecule has 4 heteroatoms. The quantitative estimate of drug-likeness (QED) is 0.774. The Bertz CT molecular complexity index is 429. The summed E-state index contributed by atoms with van der Waals surface area (Å²) in [6, 6.07) is 5.12. The van der Waals surface area contributed by atoms with Crippen molar-refractivity contribution in [3.8, 4) is 0 Å². The molecule has 0 amide bonds. The van der Waals surface area contributed by atoms with Crippen LogP contribution >= 0.6 is 0 Å². The Morgan fingerprint density at radius 3 is 2.93 bits per heavy atom. The molecule has 0 saturated heterocycles. The molecular formula is C10H10N2O2. The number of nitrogens with zero attached hydrogens (tertiary/aromatic N) is 1. The molecule has 2 rings (SSSR count). The fraction of sp³-hybridized carbons (Fsp3) is 0.100. The first-order valence-electron chi connectivity index (χ1n) is 4.26. The first-order chi connectivity index (χ1) is 6.81. The number of rotatable bonds is 2. The molecule has 0 atom stereocenters. The number of carbonyl (C=O) groups excluding carboxylic acids is 1. The average molecular weight is 190 g/mol. The molecule has 0 spiro atoms. The zero-order valence-corrected chi connectivity index (χ0v) is 7.51. The highest BCUT2D eigenvalue weighted by atomic mass is 16.3. The summed E-state index contributed by atoms with van der Waals surface area (Å²) in [6.45, 7) is 0.429. The van der Waals surface area contributed by atoms with Gasteiger partial charge in [0.2, 0.25) is 0 Å². The van der Waals surface area contributed by atoms with Crippen molar-refractivity contribution in [1.29, 1.82) is 0 Å². The number of hydrogen-bond donors (Lipinski definition) is 1. The standard InChI is InChI=1S/C10H10N2O2/c11-6-8-3-4-12(7-8)10(13)9-2-1-5-14-9/h1-5,7H,6,11H2. The Morgan fingerprint density at radius 2 is 2.36 bits per heavy atom. The third kappa shape index (κ3) is 1.47. The van der Waals surface area contributed by atoms with Crippen molar-refractivity contribution in [1.82, 2.24) is 4.57 Å². The van der Waals surface area contributed by atoms with Gasteiger partial charge in [-0.25, -0.2) is 0 Å². The van der Waals surface area contributed by atoms with Gasteiger partial charge in [-0.05, 0) is 23.8 Å². The Kier molecular flexibility index (Phi) is 2.20. The monoisotopic (exact) mass is 190 g/mol. The van der Waals surface area contributed by atoms with Gasteiger partial charge in [0.15, 0.2) is 5.76 Å². The van der Waals surface area contributed by atoms with Crippen LogP contribution in [0.15, 0.2) is 41.3 Å². The molecule has 0 radical (unpaired) electrons. The van der Waals surface area contributed by atoms with Crippen LogP contribution in [0.4, 0.5) is 0 Å². The minimum atomic E-state index is -0.185. The Balaban J connectivity index is 2.28. The van der Waals surface area contributed by atoms with Gasteiger partial charge in [-0.15, -0.1) is 0 Å². The third-order valence-electron chi connectivity index (χ3n) is 1.96. The van der Waals surface area contributed by atoms with Crippen molar-refractivity contribution in [3.63, 3.8) is 0 Å². The van der Waals surface area contributed by atoms with Crippen LogP contribution in [-0.4, -0.2) is 10.5 Å². The van der Waals surface area contributed by atoms with Crippen LogP contribution in [-0.2, 0) is 6.54 Å². The molecule has 4 nitrogen and oxygen atoms in total. The van der Waals surface area contributed by atoms with Gasteiger partial charge in [-0.1, -0.05) is 0 Å². The molecule has 0 aliphatic heterocycles. The Labute approximate surface area is 80.9 Å². The van der Waals surface area contributed by atoms with E-state index in [1.54, 1.807) is 30.6 Å². The summed E-state index contributed by atoms with van der Waals surface area (Å²) in [5.74, 6) is 0.138. The molecule has 0 bridgehead atoms. The lowest BCUT2D eigenvalue weighted by atomic mass is 10.3. The zero-order chi connectivity index (χ0) is 9.97. The van der Waals surface area contributed by atoms with Crippen molar-refractivity contribution in [2.75, 3.05) is 0 Å². The molecule has 72 valence electrons. The second-order valence-electron chi connectivity index (χ2n) is 2.91. The van der Waals surface area contributed by atoms with E-state index in [1.165, 1.54) is 10.8 Å². The van der Waals surface area contributed by atoms with Gasteiger partial charge in [0.05, 0.1) is 6.26 Å². The van der Waals surface area contributed by atoms with E-state index in [9.17, 15) is 4.79 Å². The topological polar surface area (TPSA) is 61.2 Å². The summed E-state index contributed by atoms with van der Waals surface area (Å²) in [4.78, 5) is 11.7. The summed E-state index contributed by atoms with van der Waals surface area (Å²) >= 11 is 0. The van der Waals surface area contributed by atoms with Gasteiger partial charge < -0.3 is 10.2 Å². The molecule has 14 heavy (non-hydrogen) atoms. The summed E-state index contributed by atoms with van der Waals surface area (Å²) in [5.41, 5.74) is 6.36. The maximum absolute atomic E-state index is 11.7. The smallest absolute Gasteiger partial charge is 0.297 e. The largest absolute Gasteiger partial charge is 0.459 e. The molecule has 2 N–H and O–H groups in total. The van der Waals surface area contributed by atoms with E-state index >= 15 is 0 Å². The maximum atomic E-state index is 11.7. The predicted octanol–water partition coefficient (Wildman–Crippen LogP) is 1.23. The number of nitrogens with two attached hydrogens (primary N) is 1. The predicted molar refractivity (Wildman–Crippen MR) is 50.8 cm³/mol. The van der Waals surface area contributed by atoms with Crippen molar-refractivity contribution >= 4 is 5.91 Å². The normalized spacial score (nSPS) is 10.4. The first-order valence-corrected chi connectivity index (χ1v) is 4.26. The summed E-state index contributed by atoms with van der Waals surface area (Å²) in [7, 11) is 0. The van der Waals surface area contributed by atoms with Gasteiger partial charge in [-0.2, -0.15) is 0 Å². The van der Waals surface area contributed by atoms with Crippen LogP contribution in [0.1, 0.15) is 16.1 Å². The zero-order valence-electron chi connectivity index (χ0n) is 7.51. The van der Waals surface area contributed by atoms with E-state index < -0.39 is 0 Å². The highest BCUT2D eigenvalue weighted by Gasteiger charge is 2.10. The molecule has 2 aromatic heterocycles. The molecule has 0 saturated carbocycles. The molecule has 0 aromatic carbocycles. The SMILES string of the molecule is NCc1ccn(C(=O)c2ccco2)c1. The molecule has 2 aromatic rings. The fourth-order valence-corrected chi connectivity index (χ4v) is 1.22. The third-order valence-corrected chi connectivity index (χ3v) is 1.96. The highest BCUT2D eigenvalue weighted by Crippen LogP contribution is 2.06. The van der Waals surface area contributed by atoms with E-state index in [0.29, 0.717) is 12.3 Å². The maximum Gasteiger partial charge on any atom is 0.297 e. The van der Waals surface area contributed by atoms with Crippen LogP contribution in [0.3, 0.4) is 0 Å². The van der Waals surface area contributed by atoms with E-state index in [0.717, 1.165) is 5.56 Å². The minimum absolute atomic E-state index is 0.185. The van der Waals surface area contributed by atoms with E-state index in [1.807, 2.05) is 0 Å². The second kappa shape index (κ2) is 3.51. The molecule has 0 fully saturated rings. The van der Waals surface area contributed by atoms with Crippen LogP contribution in [0.2, 0.25) is 0 Å². The van der Waals surface area contributed by atoms with Crippen molar-refractivity contribution in [2.24, 2.45) is 5.73 Å². The minimum Gasteiger partial charge on any atom is -0.459 e. The van der Waals surface area contributed by atoms with E-state index in [4.69, 9.17) is 10.2 Å². The summed E-state index contributed by atoms with van der Waals surface area (Å²) < 4.78 is 6.45. The number of aromatic nitrogens is 1. The number of furan rings is 1. The highest BCUT2D eigenvalue weighted by molar-refractivity contribution is 5.93. The van der Waals surface area contributed by atoms with Gasteiger partial charge in [0.1, 0.15) is 0 Å². The van der Waals surface area contributed by atoms with E-state index in [2.05, 4.69) is 0 Å². The van der Waals surface area contributed by atoms with Crippen LogP contribution in [0, 0.1) is 0 Å². The molecule has 0 aliphatic rings. The van der Waals surface area contributed by atoms with Crippen molar-refractivity contribution in [3.05, 3.63) is 48.2 Å². The molecular weight excluding hydrogens is 180 g/mol.